The summed E-state index contributed by atoms with van der Waals surface area (Å²) in [7, 11) is 0. The van der Waals surface area contributed by atoms with Crippen molar-refractivity contribution in [2.45, 2.75) is 97.3 Å². The van der Waals surface area contributed by atoms with Gasteiger partial charge in [0.1, 0.15) is 0 Å². The maximum Gasteiger partial charge on any atom is 0.416 e. The number of nitrogens with zero attached hydrogens (tertiary/aromatic N) is 6. The van der Waals surface area contributed by atoms with E-state index >= 15 is 0 Å². The number of ether oxygens (including phenoxy) is 1. The average molecular weight is 639 g/mol. The third-order valence-electron chi connectivity index (χ3n) is 8.42. The van der Waals surface area contributed by atoms with Crippen LogP contribution in [0.3, 0.4) is 0 Å². The second-order valence-electron chi connectivity index (χ2n) is 11.8. The smallest absolute Gasteiger partial charge is 0.416 e. The minimum Gasteiger partial charge on any atom is -0.447 e. The molecule has 0 N–H and O–H groups in total. The summed E-state index contributed by atoms with van der Waals surface area (Å²) in [5, 5.41) is -0.000126. The number of alkyl halides is 3. The van der Waals surface area contributed by atoms with Crippen LogP contribution < -0.4 is 9.80 Å². The Labute approximate surface area is 262 Å². The number of benzene rings is 1. The van der Waals surface area contributed by atoms with Crippen LogP contribution in [-0.4, -0.2) is 82.2 Å². The highest BCUT2D eigenvalue weighted by Crippen LogP contribution is 2.36. The van der Waals surface area contributed by atoms with Gasteiger partial charge in [0, 0.05) is 62.8 Å². The molecule has 242 valence electrons. The molecule has 0 bridgehead atoms. The van der Waals surface area contributed by atoms with Gasteiger partial charge in [-0.3, -0.25) is 4.79 Å². The number of halogens is 4. The van der Waals surface area contributed by atoms with E-state index in [9.17, 15) is 22.8 Å². The lowest BCUT2D eigenvalue weighted by Gasteiger charge is -2.47. The van der Waals surface area contributed by atoms with Crippen molar-refractivity contribution in [3.05, 3.63) is 46.7 Å². The fourth-order valence-corrected chi connectivity index (χ4v) is 6.42. The number of amides is 2. The van der Waals surface area contributed by atoms with E-state index in [0.717, 1.165) is 17.8 Å². The summed E-state index contributed by atoms with van der Waals surface area (Å²) in [5.41, 5.74) is 0.383. The molecule has 4 rings (SSSR count). The third kappa shape index (κ3) is 8.05. The Morgan fingerprint density at radius 3 is 2.11 bits per heavy atom. The highest BCUT2D eigenvalue weighted by atomic mass is 35.5. The molecule has 2 aliphatic heterocycles. The lowest BCUT2D eigenvalue weighted by molar-refractivity contribution is -0.137. The molecule has 2 fully saturated rings. The van der Waals surface area contributed by atoms with E-state index in [1.807, 2.05) is 37.5 Å². The molecule has 0 aliphatic carbocycles. The Morgan fingerprint density at radius 1 is 1.02 bits per heavy atom. The Morgan fingerprint density at radius 2 is 1.61 bits per heavy atom. The van der Waals surface area contributed by atoms with Crippen LogP contribution in [0.2, 0.25) is 5.02 Å². The van der Waals surface area contributed by atoms with E-state index < -0.39 is 11.7 Å². The largest absolute Gasteiger partial charge is 0.447 e. The van der Waals surface area contributed by atoms with Gasteiger partial charge in [-0.25, -0.2) is 14.8 Å². The van der Waals surface area contributed by atoms with Gasteiger partial charge in [-0.15, -0.1) is 0 Å². The third-order valence-corrected chi connectivity index (χ3v) is 8.63. The van der Waals surface area contributed by atoms with Gasteiger partial charge in [0.2, 0.25) is 11.9 Å². The molecule has 0 radical (unpaired) electrons. The van der Waals surface area contributed by atoms with E-state index in [-0.39, 0.29) is 47.8 Å². The molecule has 3 heterocycles. The summed E-state index contributed by atoms with van der Waals surface area (Å²) in [4.78, 5) is 41.9. The lowest BCUT2D eigenvalue weighted by atomic mass is 9.87. The molecule has 1 aromatic heterocycles. The first-order chi connectivity index (χ1) is 20.8. The molecule has 9 nitrogen and oxygen atoms in total. The molecule has 3 atom stereocenters. The van der Waals surface area contributed by atoms with Crippen LogP contribution in [0, 0.1) is 0 Å². The lowest BCUT2D eigenvalue weighted by Crippen LogP contribution is -2.57. The first-order valence-corrected chi connectivity index (χ1v) is 15.6. The van der Waals surface area contributed by atoms with Crippen LogP contribution in [0.25, 0.3) is 0 Å². The molecule has 44 heavy (non-hydrogen) atoms. The number of hydrogen-bond donors (Lipinski definition) is 0. The highest BCUT2D eigenvalue weighted by molar-refractivity contribution is 6.30. The number of carbonyl (C=O) groups is 2. The van der Waals surface area contributed by atoms with Gasteiger partial charge >= 0.3 is 12.3 Å². The van der Waals surface area contributed by atoms with E-state index in [4.69, 9.17) is 26.3 Å². The summed E-state index contributed by atoms with van der Waals surface area (Å²) in [6.45, 7) is 11.8. The zero-order valence-electron chi connectivity index (χ0n) is 26.0. The van der Waals surface area contributed by atoms with Crippen molar-refractivity contribution in [2.75, 3.05) is 36.0 Å². The predicted octanol–water partition coefficient (Wildman–Crippen LogP) is 6.39. The minimum atomic E-state index is -4.54. The van der Waals surface area contributed by atoms with Crippen LogP contribution >= 0.6 is 11.6 Å². The number of anilines is 2. The molecule has 2 aliphatic rings. The van der Waals surface area contributed by atoms with E-state index in [1.165, 1.54) is 6.07 Å². The standard InChI is InChI=1S/C31H42ClF3N6O3/c1-6-25-15-27(16-26(7-2)41(25)30(43)44-20(3)4)40(19-22-12-23(31(33,34)35)14-24(32)13-22)29-36-17-28(18-37-29)39-10-8-38(9-11-39)21(5)42/h12-14,17-18,20,25-27H,6-11,15-16,19H2,1-5H3/t25-,26+,27+. The van der Waals surface area contributed by atoms with Gasteiger partial charge in [-0.05, 0) is 63.3 Å². The molecule has 2 amide bonds. The molecular weight excluding hydrogens is 597 g/mol. The van der Waals surface area contributed by atoms with Gasteiger partial charge in [0.05, 0.1) is 29.7 Å². The van der Waals surface area contributed by atoms with Gasteiger partial charge in [0.15, 0.2) is 0 Å². The molecule has 1 aromatic carbocycles. The number of piperidine rings is 1. The SMILES string of the molecule is CC[C@@H]1C[C@H](N(Cc2cc(Cl)cc(C(F)(F)F)c2)c2ncc(N3CCN(C(C)=O)CC3)cn2)C[C@H](CC)N1C(=O)OC(C)C. The van der Waals surface area contributed by atoms with E-state index in [1.54, 1.807) is 24.2 Å². The molecular formula is C31H42ClF3N6O3. The zero-order valence-corrected chi connectivity index (χ0v) is 26.7. The Hall–Kier alpha value is -3.28. The monoisotopic (exact) mass is 638 g/mol. The summed E-state index contributed by atoms with van der Waals surface area (Å²) in [5.74, 6) is 0.429. The molecule has 13 heteroatoms. The first kappa shape index (κ1) is 33.6. The highest BCUT2D eigenvalue weighted by Gasteiger charge is 2.41. The van der Waals surface area contributed by atoms with Gasteiger partial charge < -0.3 is 24.3 Å². The second kappa shape index (κ2) is 14.2. The molecule has 0 unspecified atom stereocenters. The quantitative estimate of drug-likeness (QED) is 0.331. The van der Waals surface area contributed by atoms with Crippen molar-refractivity contribution in [1.29, 1.82) is 0 Å². The van der Waals surface area contributed by atoms with Crippen molar-refractivity contribution in [2.24, 2.45) is 0 Å². The summed E-state index contributed by atoms with van der Waals surface area (Å²) >= 11 is 6.16. The van der Waals surface area contributed by atoms with Crippen molar-refractivity contribution < 1.29 is 27.5 Å². The van der Waals surface area contributed by atoms with Crippen LogP contribution in [-0.2, 0) is 22.3 Å². The Balaban J connectivity index is 1.66. The second-order valence-corrected chi connectivity index (χ2v) is 12.2. The fraction of sp³-hybridized carbons (Fsp3) is 0.613. The molecule has 0 spiro atoms. The normalized spacial score (nSPS) is 21.0. The van der Waals surface area contributed by atoms with Crippen molar-refractivity contribution in [3.8, 4) is 0 Å². The van der Waals surface area contributed by atoms with E-state index in [2.05, 4.69) is 4.90 Å². The number of carbonyl (C=O) groups excluding carboxylic acids is 2. The molecule has 2 aromatic rings. The summed E-state index contributed by atoms with van der Waals surface area (Å²) in [6, 6.07) is 3.16. The molecule has 0 saturated carbocycles. The average Bonchev–Trinajstić information content (AvgIpc) is 2.98. The summed E-state index contributed by atoms with van der Waals surface area (Å²) in [6.07, 6.45) is 0.829. The van der Waals surface area contributed by atoms with Gasteiger partial charge in [-0.1, -0.05) is 25.4 Å². The van der Waals surface area contributed by atoms with Crippen molar-refractivity contribution in [1.82, 2.24) is 19.8 Å². The Kier molecular flexibility index (Phi) is 10.9. The van der Waals surface area contributed by atoms with Crippen molar-refractivity contribution >= 4 is 35.2 Å². The van der Waals surface area contributed by atoms with Crippen molar-refractivity contribution in [3.63, 3.8) is 0 Å². The maximum atomic E-state index is 13.7. The summed E-state index contributed by atoms with van der Waals surface area (Å²) < 4.78 is 46.6. The van der Waals surface area contributed by atoms with Crippen LogP contribution in [0.5, 0.6) is 0 Å². The topological polar surface area (TPSA) is 82.1 Å². The molecule has 2 saturated heterocycles. The van der Waals surface area contributed by atoms with Crippen LogP contribution in [0.4, 0.5) is 29.6 Å². The zero-order chi connectivity index (χ0) is 32.2. The first-order valence-electron chi connectivity index (χ1n) is 15.2. The maximum absolute atomic E-state index is 13.7. The van der Waals surface area contributed by atoms with Crippen LogP contribution in [0.1, 0.15) is 71.4 Å². The predicted molar refractivity (Wildman–Crippen MR) is 164 cm³/mol. The Bertz CT molecular complexity index is 1270. The minimum absolute atomic E-state index is 0.000126. The fourth-order valence-electron chi connectivity index (χ4n) is 6.16. The van der Waals surface area contributed by atoms with E-state index in [0.29, 0.717) is 63.4 Å². The van der Waals surface area contributed by atoms with Gasteiger partial charge in [0.25, 0.3) is 0 Å². The number of rotatable bonds is 8. The number of likely N-dealkylation sites (tertiary alicyclic amines) is 1. The van der Waals surface area contributed by atoms with Crippen LogP contribution in [0.15, 0.2) is 30.6 Å². The number of piperazine rings is 1. The number of aromatic nitrogens is 2. The van der Waals surface area contributed by atoms with Gasteiger partial charge in [-0.2, -0.15) is 13.2 Å². The number of hydrogen-bond acceptors (Lipinski definition) is 7.